The molecular weight excluding hydrogens is 476 g/mol. The van der Waals surface area contributed by atoms with E-state index in [4.69, 9.17) is 16.3 Å². The number of nitriles is 1. The largest absolute Gasteiger partial charge is 0.488 e. The molecule has 0 atom stereocenters. The minimum absolute atomic E-state index is 0.0317. The number of anilines is 1. The number of ether oxygens (including phenoxy) is 1. The average Bonchev–Trinajstić information content (AvgIpc) is 2.72. The van der Waals surface area contributed by atoms with Crippen molar-refractivity contribution in [2.75, 3.05) is 5.32 Å². The van der Waals surface area contributed by atoms with Crippen LogP contribution in [0.15, 0.2) is 70.7 Å². The molecule has 0 radical (unpaired) electrons. The van der Waals surface area contributed by atoms with Crippen LogP contribution < -0.4 is 10.1 Å². The monoisotopic (exact) mass is 494 g/mol. The Labute approximate surface area is 195 Å². The van der Waals surface area contributed by atoms with Crippen LogP contribution in [0.5, 0.6) is 5.75 Å². The summed E-state index contributed by atoms with van der Waals surface area (Å²) in [5, 5.41) is 12.5. The fourth-order valence-corrected chi connectivity index (χ4v) is 3.80. The van der Waals surface area contributed by atoms with Crippen molar-refractivity contribution < 1.29 is 9.53 Å². The zero-order valence-corrected chi connectivity index (χ0v) is 19.4. The highest BCUT2D eigenvalue weighted by molar-refractivity contribution is 9.10. The lowest BCUT2D eigenvalue weighted by Crippen LogP contribution is -2.13. The number of aryl methyl sites for hydroxylation is 2. The maximum atomic E-state index is 12.5. The maximum absolute atomic E-state index is 12.5. The molecule has 0 fully saturated rings. The molecule has 0 heterocycles. The van der Waals surface area contributed by atoms with E-state index < -0.39 is 5.91 Å². The van der Waals surface area contributed by atoms with Crippen molar-refractivity contribution in [3.05, 3.63) is 98.0 Å². The maximum Gasteiger partial charge on any atom is 0.266 e. The van der Waals surface area contributed by atoms with Crippen molar-refractivity contribution in [1.29, 1.82) is 5.26 Å². The molecular formula is C25H20BrClN2O2. The molecule has 0 aliphatic carbocycles. The molecule has 1 amide bonds. The van der Waals surface area contributed by atoms with Crippen molar-refractivity contribution in [2.24, 2.45) is 0 Å². The van der Waals surface area contributed by atoms with Crippen LogP contribution in [0.4, 0.5) is 5.69 Å². The minimum Gasteiger partial charge on any atom is -0.488 e. The number of amides is 1. The Balaban J connectivity index is 1.73. The number of hydrogen-bond acceptors (Lipinski definition) is 3. The zero-order chi connectivity index (χ0) is 22.4. The standard InChI is InChI=1S/C25H20BrClN2O2/c1-16-9-17(2)11-19(10-16)15-31-24-8-7-18(13-21(24)26)12-20(14-28)25(30)29-23-6-4-3-5-22(23)27/h3-13H,15H2,1-2H3,(H,29,30)/b20-12+. The van der Waals surface area contributed by atoms with Gasteiger partial charge in [-0.3, -0.25) is 4.79 Å². The summed E-state index contributed by atoms with van der Waals surface area (Å²) in [5.74, 6) is 0.150. The van der Waals surface area contributed by atoms with Gasteiger partial charge in [0.15, 0.2) is 0 Å². The highest BCUT2D eigenvalue weighted by Gasteiger charge is 2.12. The third-order valence-corrected chi connectivity index (χ3v) is 5.38. The smallest absolute Gasteiger partial charge is 0.266 e. The molecule has 0 bridgehead atoms. The molecule has 3 aromatic carbocycles. The molecule has 0 aliphatic rings. The van der Waals surface area contributed by atoms with E-state index >= 15 is 0 Å². The van der Waals surface area contributed by atoms with Crippen LogP contribution >= 0.6 is 27.5 Å². The van der Waals surface area contributed by atoms with Gasteiger partial charge in [0.25, 0.3) is 5.91 Å². The van der Waals surface area contributed by atoms with Gasteiger partial charge in [0.05, 0.1) is 15.2 Å². The summed E-state index contributed by atoms with van der Waals surface area (Å²) in [4.78, 5) is 12.5. The fraction of sp³-hybridized carbons (Fsp3) is 0.120. The molecule has 6 heteroatoms. The fourth-order valence-electron chi connectivity index (χ4n) is 3.10. The quantitative estimate of drug-likeness (QED) is 0.301. The highest BCUT2D eigenvalue weighted by atomic mass is 79.9. The van der Waals surface area contributed by atoms with Crippen LogP contribution in [-0.2, 0) is 11.4 Å². The molecule has 1 N–H and O–H groups in total. The molecule has 0 unspecified atom stereocenters. The van der Waals surface area contributed by atoms with E-state index in [0.29, 0.717) is 28.6 Å². The lowest BCUT2D eigenvalue weighted by molar-refractivity contribution is -0.112. The van der Waals surface area contributed by atoms with E-state index in [0.717, 1.165) is 10.0 Å². The number of benzene rings is 3. The van der Waals surface area contributed by atoms with Crippen molar-refractivity contribution in [1.82, 2.24) is 0 Å². The summed E-state index contributed by atoms with van der Waals surface area (Å²) in [5.41, 5.74) is 4.59. The Morgan fingerprint density at radius 3 is 2.48 bits per heavy atom. The molecule has 0 saturated carbocycles. The molecule has 0 saturated heterocycles. The van der Waals surface area contributed by atoms with Gasteiger partial charge in [0, 0.05) is 0 Å². The van der Waals surface area contributed by atoms with Crippen LogP contribution in [0, 0.1) is 25.2 Å². The first-order chi connectivity index (χ1) is 14.9. The predicted octanol–water partition coefficient (Wildman–Crippen LogP) is 6.84. The second kappa shape index (κ2) is 10.3. The molecule has 3 aromatic rings. The van der Waals surface area contributed by atoms with Crippen LogP contribution in [-0.4, -0.2) is 5.91 Å². The van der Waals surface area contributed by atoms with Gasteiger partial charge >= 0.3 is 0 Å². The second-order valence-electron chi connectivity index (χ2n) is 7.08. The summed E-state index contributed by atoms with van der Waals surface area (Å²) in [6.45, 7) is 4.56. The average molecular weight is 496 g/mol. The van der Waals surface area contributed by atoms with E-state index in [1.54, 1.807) is 42.5 Å². The van der Waals surface area contributed by atoms with Gasteiger partial charge in [-0.25, -0.2) is 0 Å². The predicted molar refractivity (Wildman–Crippen MR) is 128 cm³/mol. The topological polar surface area (TPSA) is 62.1 Å². The van der Waals surface area contributed by atoms with Gasteiger partial charge in [-0.15, -0.1) is 0 Å². The van der Waals surface area contributed by atoms with Gasteiger partial charge in [-0.1, -0.05) is 59.1 Å². The molecule has 0 spiro atoms. The minimum atomic E-state index is -0.526. The van der Waals surface area contributed by atoms with Crippen LogP contribution in [0.3, 0.4) is 0 Å². The second-order valence-corrected chi connectivity index (χ2v) is 8.34. The summed E-state index contributed by atoms with van der Waals surface area (Å²) >= 11 is 9.58. The number of carbonyl (C=O) groups is 1. The third-order valence-electron chi connectivity index (χ3n) is 4.43. The lowest BCUT2D eigenvalue weighted by Gasteiger charge is -2.10. The number of hydrogen-bond donors (Lipinski definition) is 1. The first-order valence-corrected chi connectivity index (χ1v) is 10.7. The molecule has 31 heavy (non-hydrogen) atoms. The van der Waals surface area contributed by atoms with Gasteiger partial charge in [-0.2, -0.15) is 5.26 Å². The first kappa shape index (κ1) is 22.6. The van der Waals surface area contributed by atoms with E-state index in [9.17, 15) is 10.1 Å². The number of rotatable bonds is 6. The number of nitrogens with one attached hydrogen (secondary N) is 1. The van der Waals surface area contributed by atoms with E-state index in [1.807, 2.05) is 6.07 Å². The summed E-state index contributed by atoms with van der Waals surface area (Å²) in [7, 11) is 0. The number of carbonyl (C=O) groups excluding carboxylic acids is 1. The van der Waals surface area contributed by atoms with Crippen LogP contribution in [0.25, 0.3) is 6.08 Å². The van der Waals surface area contributed by atoms with Gasteiger partial charge < -0.3 is 10.1 Å². The summed E-state index contributed by atoms with van der Waals surface area (Å²) < 4.78 is 6.66. The van der Waals surface area contributed by atoms with E-state index in [2.05, 4.69) is 53.3 Å². The van der Waals surface area contributed by atoms with Crippen molar-refractivity contribution in [3.63, 3.8) is 0 Å². The molecule has 156 valence electrons. The van der Waals surface area contributed by atoms with Gasteiger partial charge in [0.1, 0.15) is 24.0 Å². The molecule has 0 aromatic heterocycles. The molecule has 4 nitrogen and oxygen atoms in total. The van der Waals surface area contributed by atoms with Crippen molar-refractivity contribution >= 4 is 45.2 Å². The Hall–Kier alpha value is -3.07. The van der Waals surface area contributed by atoms with Crippen molar-refractivity contribution in [3.8, 4) is 11.8 Å². The number of para-hydroxylation sites is 1. The Morgan fingerprint density at radius 1 is 1.13 bits per heavy atom. The summed E-state index contributed by atoms with van der Waals surface area (Å²) in [6, 6.07) is 20.5. The first-order valence-electron chi connectivity index (χ1n) is 9.53. The number of nitrogens with zero attached hydrogens (tertiary/aromatic N) is 1. The molecule has 0 aliphatic heterocycles. The molecule has 3 rings (SSSR count). The van der Waals surface area contributed by atoms with Gasteiger partial charge in [-0.05, 0) is 71.2 Å². The van der Waals surface area contributed by atoms with E-state index in [1.165, 1.54) is 17.2 Å². The Morgan fingerprint density at radius 2 is 1.84 bits per heavy atom. The Kier molecular flexibility index (Phi) is 7.51. The zero-order valence-electron chi connectivity index (χ0n) is 17.1. The normalized spacial score (nSPS) is 11.0. The SMILES string of the molecule is Cc1cc(C)cc(COc2ccc(/C=C(\C#N)C(=O)Nc3ccccc3Cl)cc2Br)c1. The van der Waals surface area contributed by atoms with Crippen molar-refractivity contribution in [2.45, 2.75) is 20.5 Å². The lowest BCUT2D eigenvalue weighted by atomic mass is 10.1. The number of halogens is 2. The highest BCUT2D eigenvalue weighted by Crippen LogP contribution is 2.28. The Bertz CT molecular complexity index is 1180. The third kappa shape index (κ3) is 6.21. The van der Waals surface area contributed by atoms with Gasteiger partial charge in [0.2, 0.25) is 0 Å². The summed E-state index contributed by atoms with van der Waals surface area (Å²) in [6.07, 6.45) is 1.52. The van der Waals surface area contributed by atoms with Crippen LogP contribution in [0.1, 0.15) is 22.3 Å². The van der Waals surface area contributed by atoms with E-state index in [-0.39, 0.29) is 5.57 Å². The van der Waals surface area contributed by atoms with Crippen LogP contribution in [0.2, 0.25) is 5.02 Å².